The zero-order valence-electron chi connectivity index (χ0n) is 37.9. The monoisotopic (exact) mass is 851 g/mol. The number of aromatic nitrogens is 2. The molecule has 2 aliphatic rings. The van der Waals surface area contributed by atoms with Crippen LogP contribution in [0.25, 0.3) is 21.5 Å². The van der Waals surface area contributed by atoms with Crippen LogP contribution in [0.3, 0.4) is 0 Å². The van der Waals surface area contributed by atoms with Gasteiger partial charge in [0, 0.05) is 103 Å². The van der Waals surface area contributed by atoms with Gasteiger partial charge in [0.1, 0.15) is 17.9 Å². The van der Waals surface area contributed by atoms with Crippen LogP contribution in [-0.2, 0) is 28.9 Å². The van der Waals surface area contributed by atoms with Gasteiger partial charge in [-0.2, -0.15) is 0 Å². The van der Waals surface area contributed by atoms with Gasteiger partial charge in [-0.3, -0.25) is 9.69 Å². The molecule has 6 aromatic rings. The topological polar surface area (TPSA) is 83.1 Å². The van der Waals surface area contributed by atoms with Crippen LogP contribution in [0, 0.1) is 0 Å². The molecule has 4 aromatic carbocycles. The second-order valence-electron chi connectivity index (χ2n) is 16.6. The summed E-state index contributed by atoms with van der Waals surface area (Å²) in [6.45, 7) is 17.3. The molecule has 1 N–H and O–H groups in total. The predicted octanol–water partition coefficient (Wildman–Crippen LogP) is 10.2. The van der Waals surface area contributed by atoms with Gasteiger partial charge in [0.15, 0.2) is 0 Å². The minimum Gasteiger partial charge on any atom is -0.381 e. The van der Waals surface area contributed by atoms with Crippen LogP contribution in [-0.4, -0.2) is 99.9 Å². The van der Waals surface area contributed by atoms with Gasteiger partial charge in [-0.1, -0.05) is 86.6 Å². The van der Waals surface area contributed by atoms with E-state index in [9.17, 15) is 4.79 Å². The number of fused-ring (bicyclic) bond motifs is 2. The van der Waals surface area contributed by atoms with Crippen LogP contribution in [0.1, 0.15) is 79.4 Å². The molecule has 334 valence electrons. The lowest BCUT2D eigenvalue weighted by Crippen LogP contribution is -2.46. The van der Waals surface area contributed by atoms with E-state index in [-0.39, 0.29) is 0 Å². The summed E-state index contributed by atoms with van der Waals surface area (Å²) in [4.78, 5) is 26.8. The Labute approximate surface area is 376 Å². The summed E-state index contributed by atoms with van der Waals surface area (Å²) in [6.07, 6.45) is 13.6. The van der Waals surface area contributed by atoms with E-state index in [4.69, 9.17) is 9.47 Å². The van der Waals surface area contributed by atoms with E-state index < -0.39 is 0 Å². The van der Waals surface area contributed by atoms with E-state index in [0.717, 1.165) is 159 Å². The van der Waals surface area contributed by atoms with Crippen LogP contribution < -0.4 is 15.1 Å². The average molecular weight is 851 g/mol. The number of pyridine rings is 2. The average Bonchev–Trinajstić information content (AvgIpc) is 3.35. The van der Waals surface area contributed by atoms with Crippen molar-refractivity contribution >= 4 is 39.5 Å². The van der Waals surface area contributed by atoms with E-state index in [0.29, 0.717) is 0 Å². The van der Waals surface area contributed by atoms with Crippen molar-refractivity contribution in [2.24, 2.45) is 0 Å². The van der Waals surface area contributed by atoms with Crippen molar-refractivity contribution in [3.05, 3.63) is 144 Å². The Morgan fingerprint density at radius 1 is 0.540 bits per heavy atom. The molecule has 9 nitrogen and oxygen atoms in total. The van der Waals surface area contributed by atoms with Gasteiger partial charge in [0.2, 0.25) is 0 Å². The van der Waals surface area contributed by atoms with E-state index >= 15 is 0 Å². The molecule has 2 aromatic heterocycles. The molecular formula is C54H70N6O3. The molecule has 2 aliphatic heterocycles. The van der Waals surface area contributed by atoms with E-state index in [2.05, 4.69) is 117 Å². The molecule has 0 saturated carbocycles. The highest BCUT2D eigenvalue weighted by Crippen LogP contribution is 2.22. The quantitative estimate of drug-likeness (QED) is 0.0633. The Bertz CT molecular complexity index is 2190. The number of carbonyl (C=O) groups excluding carboxylic acids is 1. The second kappa shape index (κ2) is 27.1. The normalized spacial score (nSPS) is 14.2. The van der Waals surface area contributed by atoms with Crippen LogP contribution in [0.4, 0.5) is 11.6 Å². The fourth-order valence-corrected chi connectivity index (χ4v) is 8.07. The van der Waals surface area contributed by atoms with Gasteiger partial charge >= 0.3 is 0 Å². The molecule has 4 heterocycles. The Morgan fingerprint density at radius 3 is 1.54 bits per heavy atom. The SMILES string of the molecule is CCCOCCCCc1ccc2cc(C=O)ccc2c1.CCCOCCCCc1ccc2cc(CN3CCN(c4ccccn4)CC3)ccc2c1.c1ccc(N2CCNCC2)nc1. The summed E-state index contributed by atoms with van der Waals surface area (Å²) >= 11 is 0. The number of hydrogen-bond acceptors (Lipinski definition) is 9. The minimum absolute atomic E-state index is 0.735. The second-order valence-corrected chi connectivity index (χ2v) is 16.6. The molecule has 0 spiro atoms. The van der Waals surface area contributed by atoms with Crippen LogP contribution >= 0.6 is 0 Å². The standard InChI is InChI=1S/C27H35N3O.C18H22O2.C9H13N3/c1-2-18-31-19-6-4-7-23-9-11-26-21-24(10-12-25(26)20-23)22-29-14-16-30(17-15-29)27-8-3-5-13-28-27;1-2-10-20-11-4-3-5-15-6-8-18-13-16(14-19)7-9-17(18)12-15;1-2-4-11-9(3-1)12-7-5-10-6-8-12/h3,5,8-13,20-21H,2,4,6-7,14-19,22H2,1H3;6-9,12-14H,2-5,10-11H2,1H3;1-4,10H,5-8H2. The Hall–Kier alpha value is -5.19. The maximum Gasteiger partial charge on any atom is 0.150 e. The molecule has 0 aliphatic carbocycles. The van der Waals surface area contributed by atoms with Gasteiger partial charge in [-0.05, 0) is 126 Å². The third-order valence-corrected chi connectivity index (χ3v) is 11.6. The van der Waals surface area contributed by atoms with Crippen LogP contribution in [0.2, 0.25) is 0 Å². The maximum atomic E-state index is 10.8. The summed E-state index contributed by atoms with van der Waals surface area (Å²) in [6, 6.07) is 38.4. The van der Waals surface area contributed by atoms with E-state index in [1.807, 2.05) is 48.8 Å². The molecule has 9 heteroatoms. The number of hydrogen-bond donors (Lipinski definition) is 1. The molecular weight excluding hydrogens is 781 g/mol. The maximum absolute atomic E-state index is 10.8. The lowest BCUT2D eigenvalue weighted by Gasteiger charge is -2.35. The minimum atomic E-state index is 0.735. The van der Waals surface area contributed by atoms with Crippen LogP contribution in [0.5, 0.6) is 0 Å². The van der Waals surface area contributed by atoms with Crippen LogP contribution in [0.15, 0.2) is 122 Å². The van der Waals surface area contributed by atoms with Gasteiger partial charge in [-0.25, -0.2) is 9.97 Å². The number of nitrogens with one attached hydrogen (secondary N) is 1. The summed E-state index contributed by atoms with van der Waals surface area (Å²) in [5.41, 5.74) is 4.92. The molecule has 0 radical (unpaired) electrons. The Morgan fingerprint density at radius 2 is 1.03 bits per heavy atom. The molecule has 0 atom stereocenters. The van der Waals surface area contributed by atoms with Crippen molar-refractivity contribution in [3.8, 4) is 0 Å². The van der Waals surface area contributed by atoms with E-state index in [1.54, 1.807) is 0 Å². The lowest BCUT2D eigenvalue weighted by molar-refractivity contribution is 0.112. The third kappa shape index (κ3) is 16.1. The molecule has 0 unspecified atom stereocenters. The first-order valence-corrected chi connectivity index (χ1v) is 23.5. The number of carbonyl (C=O) groups is 1. The zero-order valence-corrected chi connectivity index (χ0v) is 37.9. The van der Waals surface area contributed by atoms with Crippen molar-refractivity contribution < 1.29 is 14.3 Å². The summed E-state index contributed by atoms with van der Waals surface area (Å²) in [7, 11) is 0. The summed E-state index contributed by atoms with van der Waals surface area (Å²) in [5.74, 6) is 2.19. The van der Waals surface area contributed by atoms with Crippen molar-refractivity contribution in [1.29, 1.82) is 0 Å². The highest BCUT2D eigenvalue weighted by molar-refractivity contribution is 5.89. The highest BCUT2D eigenvalue weighted by atomic mass is 16.5. The summed E-state index contributed by atoms with van der Waals surface area (Å²) < 4.78 is 11.1. The van der Waals surface area contributed by atoms with Crippen molar-refractivity contribution in [2.45, 2.75) is 71.8 Å². The van der Waals surface area contributed by atoms with Gasteiger partial charge < -0.3 is 24.6 Å². The molecule has 63 heavy (non-hydrogen) atoms. The largest absolute Gasteiger partial charge is 0.381 e. The number of anilines is 2. The molecule has 0 bridgehead atoms. The smallest absolute Gasteiger partial charge is 0.150 e. The molecule has 2 fully saturated rings. The van der Waals surface area contributed by atoms with Crippen molar-refractivity contribution in [1.82, 2.24) is 20.2 Å². The van der Waals surface area contributed by atoms with Gasteiger partial charge in [0.05, 0.1) is 0 Å². The third-order valence-electron chi connectivity index (χ3n) is 11.6. The highest BCUT2D eigenvalue weighted by Gasteiger charge is 2.18. The Kier molecular flexibility index (Phi) is 20.3. The fraction of sp³-hybridized carbons (Fsp3) is 0.426. The number of unbranched alkanes of at least 4 members (excludes halogenated alkanes) is 2. The number of benzene rings is 4. The van der Waals surface area contributed by atoms with Gasteiger partial charge in [-0.15, -0.1) is 0 Å². The van der Waals surface area contributed by atoms with Crippen molar-refractivity contribution in [3.63, 3.8) is 0 Å². The molecule has 8 rings (SSSR count). The first-order chi connectivity index (χ1) is 31.1. The number of rotatable bonds is 19. The van der Waals surface area contributed by atoms with E-state index in [1.165, 1.54) is 39.3 Å². The first kappa shape index (κ1) is 47.3. The number of nitrogens with zero attached hydrogens (tertiary/aromatic N) is 5. The molecule has 2 saturated heterocycles. The summed E-state index contributed by atoms with van der Waals surface area (Å²) in [5, 5.41) is 8.35. The fourth-order valence-electron chi connectivity index (χ4n) is 8.07. The van der Waals surface area contributed by atoms with Crippen molar-refractivity contribution in [2.75, 3.05) is 88.6 Å². The number of aryl methyl sites for hydroxylation is 2. The Balaban J connectivity index is 0.000000175. The first-order valence-electron chi connectivity index (χ1n) is 23.5. The zero-order chi connectivity index (χ0) is 43.7. The lowest BCUT2D eigenvalue weighted by atomic mass is 10.0. The number of aldehydes is 1. The predicted molar refractivity (Wildman–Crippen MR) is 262 cm³/mol. The van der Waals surface area contributed by atoms with Gasteiger partial charge in [0.25, 0.3) is 0 Å². The number of ether oxygens (including phenoxy) is 2. The molecule has 0 amide bonds. The number of piperazine rings is 2.